The van der Waals surface area contributed by atoms with Crippen molar-refractivity contribution in [1.82, 2.24) is 14.5 Å². The van der Waals surface area contributed by atoms with Gasteiger partial charge in [0.25, 0.3) is 0 Å². The minimum atomic E-state index is -4.40. The molecule has 194 valence electrons. The summed E-state index contributed by atoms with van der Waals surface area (Å²) in [7, 11) is 0. The Kier molecular flexibility index (Phi) is 7.48. The number of anilines is 2. The number of aromatic nitrogens is 2. The van der Waals surface area contributed by atoms with Gasteiger partial charge in [-0.1, -0.05) is 0 Å². The lowest BCUT2D eigenvalue weighted by atomic mass is 10.0. The van der Waals surface area contributed by atoms with Crippen LogP contribution in [0.1, 0.15) is 48.5 Å². The van der Waals surface area contributed by atoms with E-state index >= 15 is 0 Å². The minimum Gasteiger partial charge on any atom is -0.450 e. The summed E-state index contributed by atoms with van der Waals surface area (Å²) in [5.74, 6) is 0.395. The fourth-order valence-electron chi connectivity index (χ4n) is 4.34. The van der Waals surface area contributed by atoms with Gasteiger partial charge in [-0.3, -0.25) is 14.4 Å². The lowest BCUT2D eigenvalue weighted by molar-refractivity contribution is -0.133. The number of ether oxygens (including phenoxy) is 1. The third-order valence-electron chi connectivity index (χ3n) is 6.21. The fraction of sp³-hybridized carbons (Fsp3) is 0.478. The number of nitrogens with two attached hydrogens (primary N) is 2. The summed E-state index contributed by atoms with van der Waals surface area (Å²) in [4.78, 5) is 35.3. The summed E-state index contributed by atoms with van der Waals surface area (Å²) in [5, 5.41) is 2.96. The third kappa shape index (κ3) is 6.33. The first-order valence-corrected chi connectivity index (χ1v) is 11.7. The van der Waals surface area contributed by atoms with Crippen molar-refractivity contribution in [3.63, 3.8) is 0 Å². The number of rotatable bonds is 8. The van der Waals surface area contributed by atoms with E-state index in [4.69, 9.17) is 16.2 Å². The number of hydrogen-bond donors (Lipinski definition) is 3. The maximum atomic E-state index is 12.8. The highest BCUT2D eigenvalue weighted by molar-refractivity contribution is 5.97. The lowest BCUT2D eigenvalue weighted by Crippen LogP contribution is -2.38. The van der Waals surface area contributed by atoms with Crippen LogP contribution in [0.25, 0.3) is 0 Å². The van der Waals surface area contributed by atoms with Crippen molar-refractivity contribution < 1.29 is 22.7 Å². The highest BCUT2D eigenvalue weighted by atomic mass is 19.4. The monoisotopic (exact) mass is 507 g/mol. The molecule has 2 aromatic rings. The molecule has 0 aliphatic carbocycles. The van der Waals surface area contributed by atoms with Crippen LogP contribution >= 0.6 is 0 Å². The molecular formula is C23H28F3N7O3. The zero-order valence-corrected chi connectivity index (χ0v) is 19.6. The first-order chi connectivity index (χ1) is 17.1. The second kappa shape index (κ2) is 10.6. The second-order valence-corrected chi connectivity index (χ2v) is 8.85. The van der Waals surface area contributed by atoms with Crippen LogP contribution < -0.4 is 27.2 Å². The molecule has 0 saturated carbocycles. The first kappa shape index (κ1) is 25.5. The molecule has 2 aliphatic heterocycles. The summed E-state index contributed by atoms with van der Waals surface area (Å²) in [6, 6.07) is 4.33. The molecule has 2 aliphatic rings. The summed E-state index contributed by atoms with van der Waals surface area (Å²) in [6.07, 6.45) is -2.21. The molecule has 36 heavy (non-hydrogen) atoms. The summed E-state index contributed by atoms with van der Waals surface area (Å²) in [5.41, 5.74) is 10.7. The molecule has 1 aromatic heterocycles. The van der Waals surface area contributed by atoms with Crippen molar-refractivity contribution in [2.75, 3.05) is 31.5 Å². The highest BCUT2D eigenvalue weighted by Gasteiger charge is 2.29. The minimum absolute atomic E-state index is 0.0251. The van der Waals surface area contributed by atoms with Crippen LogP contribution in [0, 0.1) is 0 Å². The molecule has 4 rings (SSSR count). The van der Waals surface area contributed by atoms with E-state index in [9.17, 15) is 22.8 Å². The van der Waals surface area contributed by atoms with Gasteiger partial charge in [-0.2, -0.15) is 18.2 Å². The fourth-order valence-corrected chi connectivity index (χ4v) is 4.34. The number of halogens is 3. The smallest absolute Gasteiger partial charge is 0.389 e. The molecular weight excluding hydrogens is 479 g/mol. The van der Waals surface area contributed by atoms with Gasteiger partial charge in [-0.25, -0.2) is 4.79 Å². The van der Waals surface area contributed by atoms with Crippen molar-refractivity contribution in [1.29, 1.82) is 0 Å². The number of aliphatic imine (C=N–C) groups is 1. The van der Waals surface area contributed by atoms with Gasteiger partial charge in [-0.05, 0) is 44.0 Å². The molecule has 0 bridgehead atoms. The van der Waals surface area contributed by atoms with E-state index < -0.39 is 30.5 Å². The largest absolute Gasteiger partial charge is 0.450 e. The van der Waals surface area contributed by atoms with Crippen LogP contribution in [0.2, 0.25) is 0 Å². The van der Waals surface area contributed by atoms with Crippen LogP contribution in [-0.2, 0) is 0 Å². The number of Topliss-reactive ketones (excluding diaryl/α,β-unsaturated/α-hetero) is 1. The Morgan fingerprint density at radius 3 is 2.67 bits per heavy atom. The molecule has 1 fully saturated rings. The molecule has 0 radical (unpaired) electrons. The number of piperidine rings is 1. The van der Waals surface area contributed by atoms with E-state index in [0.717, 1.165) is 38.9 Å². The van der Waals surface area contributed by atoms with Gasteiger partial charge in [0.2, 0.25) is 0 Å². The number of benzene rings is 1. The predicted octanol–water partition coefficient (Wildman–Crippen LogP) is 2.92. The zero-order valence-electron chi connectivity index (χ0n) is 19.6. The van der Waals surface area contributed by atoms with E-state index in [1.165, 1.54) is 18.2 Å². The maximum absolute atomic E-state index is 12.8. The molecule has 0 atom stereocenters. The molecule has 13 heteroatoms. The normalized spacial score (nSPS) is 15.9. The average molecular weight is 508 g/mol. The Balaban J connectivity index is 1.39. The van der Waals surface area contributed by atoms with Crippen molar-refractivity contribution in [2.45, 2.75) is 44.3 Å². The molecule has 0 unspecified atom stereocenters. The van der Waals surface area contributed by atoms with Gasteiger partial charge in [-0.15, -0.1) is 0 Å². The van der Waals surface area contributed by atoms with E-state index in [-0.39, 0.29) is 23.4 Å². The van der Waals surface area contributed by atoms with Crippen molar-refractivity contribution in [3.05, 3.63) is 40.4 Å². The summed E-state index contributed by atoms with van der Waals surface area (Å²) in [6.45, 7) is 3.09. The Labute approximate surface area is 205 Å². The van der Waals surface area contributed by atoms with Crippen LogP contribution in [0.15, 0.2) is 34.2 Å². The number of nitrogens with zero attached hydrogens (tertiary/aromatic N) is 4. The summed E-state index contributed by atoms with van der Waals surface area (Å²) < 4.78 is 44.8. The molecule has 1 saturated heterocycles. The van der Waals surface area contributed by atoms with Gasteiger partial charge in [0.1, 0.15) is 0 Å². The molecule has 0 spiro atoms. The second-order valence-electron chi connectivity index (χ2n) is 8.85. The van der Waals surface area contributed by atoms with Gasteiger partial charge < -0.3 is 26.4 Å². The Bertz CT molecular complexity index is 1200. The number of alkyl halides is 3. The van der Waals surface area contributed by atoms with E-state index in [1.807, 2.05) is 0 Å². The SMILES string of the molecule is NC(N)=NCCCN1CCC(n2cc3c(nc2=O)Nc2cc(C(=O)CCC(F)(F)F)ccc2O3)CC1. The van der Waals surface area contributed by atoms with Crippen LogP contribution in [-0.4, -0.2) is 58.5 Å². The zero-order chi connectivity index (χ0) is 25.9. The molecule has 5 N–H and O–H groups in total. The van der Waals surface area contributed by atoms with E-state index in [1.54, 1.807) is 10.8 Å². The van der Waals surface area contributed by atoms with Gasteiger partial charge >= 0.3 is 11.9 Å². The van der Waals surface area contributed by atoms with Crippen molar-refractivity contribution in [2.24, 2.45) is 16.5 Å². The van der Waals surface area contributed by atoms with Crippen molar-refractivity contribution >= 4 is 23.2 Å². The number of fused-ring (bicyclic) bond motifs is 2. The molecule has 0 amide bonds. The number of likely N-dealkylation sites (tertiary alicyclic amines) is 1. The number of carbonyl (C=O) groups excluding carboxylic acids is 1. The van der Waals surface area contributed by atoms with E-state index in [0.29, 0.717) is 23.7 Å². The molecule has 10 nitrogen and oxygen atoms in total. The quantitative estimate of drug-likeness (QED) is 0.183. The maximum Gasteiger partial charge on any atom is 0.389 e. The number of hydrogen-bond acceptors (Lipinski definition) is 7. The topological polar surface area (TPSA) is 141 Å². The third-order valence-corrected chi connectivity index (χ3v) is 6.21. The Morgan fingerprint density at radius 2 is 1.97 bits per heavy atom. The molecule has 1 aromatic carbocycles. The first-order valence-electron chi connectivity index (χ1n) is 11.7. The number of guanidine groups is 1. The van der Waals surface area contributed by atoms with Crippen LogP contribution in [0.4, 0.5) is 24.7 Å². The van der Waals surface area contributed by atoms with Crippen molar-refractivity contribution in [3.8, 4) is 11.5 Å². The number of carbonyl (C=O) groups is 1. The lowest BCUT2D eigenvalue weighted by Gasteiger charge is -2.33. The van der Waals surface area contributed by atoms with Crippen LogP contribution in [0.3, 0.4) is 0 Å². The van der Waals surface area contributed by atoms with Crippen LogP contribution in [0.5, 0.6) is 11.5 Å². The number of nitrogens with one attached hydrogen (secondary N) is 1. The Hall–Kier alpha value is -3.61. The summed E-state index contributed by atoms with van der Waals surface area (Å²) >= 11 is 0. The average Bonchev–Trinajstić information content (AvgIpc) is 2.83. The Morgan fingerprint density at radius 1 is 1.22 bits per heavy atom. The van der Waals surface area contributed by atoms with E-state index in [2.05, 4.69) is 20.2 Å². The molecule has 3 heterocycles. The highest BCUT2D eigenvalue weighted by Crippen LogP contribution is 2.41. The number of ketones is 1. The predicted molar refractivity (Wildman–Crippen MR) is 128 cm³/mol. The van der Waals surface area contributed by atoms with Gasteiger partial charge in [0.15, 0.2) is 29.1 Å². The van der Waals surface area contributed by atoms with Gasteiger partial charge in [0, 0.05) is 37.7 Å². The van der Waals surface area contributed by atoms with Gasteiger partial charge in [0.05, 0.1) is 18.3 Å². The standard InChI is InChI=1S/C23H28F3N7O3/c24-23(25,26)7-4-17(34)14-2-3-18-16(12-14)30-20-19(36-18)13-33(22(35)31-20)15-5-10-32(11-6-15)9-1-8-29-21(27)28/h2-3,12-13,15H,1,4-11H2,(H4,27,28,29)(H,30,31,35).